The summed E-state index contributed by atoms with van der Waals surface area (Å²) in [4.78, 5) is 53.1. The number of benzene rings is 4. The van der Waals surface area contributed by atoms with Gasteiger partial charge in [0.05, 0.1) is 25.3 Å². The highest BCUT2D eigenvalue weighted by Gasteiger charge is 2.36. The van der Waals surface area contributed by atoms with Crippen LogP contribution in [0.15, 0.2) is 48.5 Å². The van der Waals surface area contributed by atoms with E-state index in [-0.39, 0.29) is 78.6 Å². The fraction of sp³-hybridized carbons (Fsp3) is 0.125. The van der Waals surface area contributed by atoms with Crippen molar-refractivity contribution in [3.8, 4) is 34.5 Å². The number of fused-ring (bicyclic) bond motifs is 4. The van der Waals surface area contributed by atoms with E-state index < -0.39 is 45.0 Å². The lowest BCUT2D eigenvalue weighted by Crippen LogP contribution is -2.24. The molecule has 45 heavy (non-hydrogen) atoms. The molecule has 0 heterocycles. The van der Waals surface area contributed by atoms with Gasteiger partial charge in [-0.15, -0.1) is 8.42 Å². The average molecular weight is 631 g/mol. The molecule has 13 heteroatoms. The first-order valence-electron chi connectivity index (χ1n) is 13.2. The number of ether oxygens (including phenoxy) is 2. The van der Waals surface area contributed by atoms with E-state index in [4.69, 9.17) is 17.8 Å². The lowest BCUT2D eigenvalue weighted by molar-refractivity contribution is 0.0976. The molecule has 0 aromatic heterocycles. The van der Waals surface area contributed by atoms with Gasteiger partial charge in [0.2, 0.25) is 0 Å². The number of ketones is 4. The minimum Gasteiger partial charge on any atom is -0.507 e. The highest BCUT2D eigenvalue weighted by Crippen LogP contribution is 2.40. The fourth-order valence-electron chi connectivity index (χ4n) is 5.38. The Balaban J connectivity index is 1.33. The number of phenolic OH excluding ortho intramolecular Hbond substituents is 2. The predicted octanol–water partition coefficient (Wildman–Crippen LogP) is 3.99. The molecule has 2 aliphatic rings. The number of aryl methyl sites for hydroxylation is 2. The van der Waals surface area contributed by atoms with Crippen LogP contribution in [0, 0.1) is 13.8 Å². The minimum absolute atomic E-state index is 0.0295. The summed E-state index contributed by atoms with van der Waals surface area (Å²) < 4.78 is 46.7. The normalized spacial score (nSPS) is 13.4. The van der Waals surface area contributed by atoms with Crippen LogP contribution in [0.4, 0.5) is 0 Å². The number of rotatable bonds is 6. The van der Waals surface area contributed by atoms with Gasteiger partial charge >= 0.3 is 10.4 Å². The Labute approximate surface area is 255 Å². The van der Waals surface area contributed by atoms with Gasteiger partial charge in [-0.1, -0.05) is 0 Å². The van der Waals surface area contributed by atoms with Gasteiger partial charge in [0.25, 0.3) is 0 Å². The number of phenols is 2. The van der Waals surface area contributed by atoms with Gasteiger partial charge in [-0.25, -0.2) is 0 Å². The zero-order valence-corrected chi connectivity index (χ0v) is 24.8. The van der Waals surface area contributed by atoms with E-state index in [0.29, 0.717) is 0 Å². The van der Waals surface area contributed by atoms with Crippen LogP contribution in [0.1, 0.15) is 74.8 Å². The van der Waals surface area contributed by atoms with Crippen molar-refractivity contribution < 1.29 is 55.6 Å². The summed E-state index contributed by atoms with van der Waals surface area (Å²) in [5.41, 5.74) is -0.795. The van der Waals surface area contributed by atoms with Crippen molar-refractivity contribution in [2.45, 2.75) is 13.8 Å². The van der Waals surface area contributed by atoms with Crippen molar-refractivity contribution in [2.24, 2.45) is 0 Å². The van der Waals surface area contributed by atoms with Gasteiger partial charge in [-0.3, -0.25) is 19.2 Å². The average Bonchev–Trinajstić information content (AvgIpc) is 2.99. The lowest BCUT2D eigenvalue weighted by atomic mass is 9.82. The molecule has 0 aliphatic heterocycles. The highest BCUT2D eigenvalue weighted by molar-refractivity contribution is 7.82. The molecule has 0 amide bonds. The second-order valence-corrected chi connectivity index (χ2v) is 11.5. The monoisotopic (exact) mass is 630 g/mol. The molecule has 2 N–H and O–H groups in total. The molecule has 0 unspecified atom stereocenters. The summed E-state index contributed by atoms with van der Waals surface area (Å²) >= 11 is 0. The maximum absolute atomic E-state index is 13.3. The zero-order valence-electron chi connectivity index (χ0n) is 24.0. The van der Waals surface area contributed by atoms with Gasteiger partial charge < -0.3 is 28.1 Å². The predicted molar refractivity (Wildman–Crippen MR) is 156 cm³/mol. The lowest BCUT2D eigenvalue weighted by Gasteiger charge is -2.21. The Bertz CT molecular complexity index is 2010. The Hall–Kier alpha value is -5.69. The number of aromatic hydroxyl groups is 2. The van der Waals surface area contributed by atoms with E-state index in [2.05, 4.69) is 0 Å². The molecule has 0 radical (unpaired) electrons. The molecule has 228 valence electrons. The van der Waals surface area contributed by atoms with Crippen LogP contribution in [0.3, 0.4) is 0 Å². The van der Waals surface area contributed by atoms with Crippen LogP contribution < -0.4 is 17.8 Å². The summed E-state index contributed by atoms with van der Waals surface area (Å²) in [7, 11) is -2.25. The highest BCUT2D eigenvalue weighted by atomic mass is 32.3. The van der Waals surface area contributed by atoms with Crippen molar-refractivity contribution in [1.29, 1.82) is 0 Å². The topological polar surface area (TPSA) is 180 Å². The van der Waals surface area contributed by atoms with E-state index in [1.54, 1.807) is 0 Å². The first-order chi connectivity index (χ1) is 21.2. The summed E-state index contributed by atoms with van der Waals surface area (Å²) in [5, 5.41) is 20.9. The van der Waals surface area contributed by atoms with Crippen molar-refractivity contribution >= 4 is 33.5 Å². The van der Waals surface area contributed by atoms with Crippen LogP contribution in [0.2, 0.25) is 0 Å². The molecular formula is C32H22O12S. The molecule has 0 saturated carbocycles. The molecule has 0 bridgehead atoms. The summed E-state index contributed by atoms with van der Waals surface area (Å²) in [6.45, 7) is 2.91. The number of carbonyl (C=O) groups is 4. The molecule has 4 aromatic rings. The Morgan fingerprint density at radius 1 is 0.511 bits per heavy atom. The van der Waals surface area contributed by atoms with E-state index in [1.165, 1.54) is 64.5 Å². The van der Waals surface area contributed by atoms with E-state index >= 15 is 0 Å². The van der Waals surface area contributed by atoms with Crippen LogP contribution in [0.25, 0.3) is 0 Å². The smallest absolute Gasteiger partial charge is 0.501 e. The number of methoxy groups -OCH3 is 2. The van der Waals surface area contributed by atoms with Gasteiger partial charge in [0, 0.05) is 45.5 Å². The van der Waals surface area contributed by atoms with Crippen molar-refractivity contribution in [3.63, 3.8) is 0 Å². The maximum Gasteiger partial charge on any atom is 0.501 e. The molecule has 0 fully saturated rings. The number of carbonyl (C=O) groups excluding carboxylic acids is 4. The zero-order chi connectivity index (χ0) is 32.5. The molecule has 12 nitrogen and oxygen atoms in total. The van der Waals surface area contributed by atoms with Crippen LogP contribution in [-0.2, 0) is 10.4 Å². The Morgan fingerprint density at radius 3 is 1.22 bits per heavy atom. The van der Waals surface area contributed by atoms with Crippen LogP contribution in [0.5, 0.6) is 34.5 Å². The first kappa shape index (κ1) is 29.4. The Kier molecular flexibility index (Phi) is 6.66. The van der Waals surface area contributed by atoms with Crippen LogP contribution in [-0.4, -0.2) is 56.0 Å². The van der Waals surface area contributed by atoms with Crippen LogP contribution >= 0.6 is 0 Å². The largest absolute Gasteiger partial charge is 0.507 e. The summed E-state index contributed by atoms with van der Waals surface area (Å²) in [6.07, 6.45) is 0. The van der Waals surface area contributed by atoms with Gasteiger partial charge in [0.1, 0.15) is 34.5 Å². The SMILES string of the molecule is COc1cc(O)c2c(c1)C(=O)c1cc(C)c(OS(=O)(=O)Oc3cc4c(cc3C)C(=O)c3cc(OC)cc(O)c3C4=O)cc1C2=O. The van der Waals surface area contributed by atoms with Crippen molar-refractivity contribution in [2.75, 3.05) is 14.2 Å². The van der Waals surface area contributed by atoms with Crippen molar-refractivity contribution in [3.05, 3.63) is 104 Å². The fourth-order valence-corrected chi connectivity index (χ4v) is 6.21. The molecule has 6 rings (SSSR count). The van der Waals surface area contributed by atoms with Gasteiger partial charge in [-0.2, -0.15) is 0 Å². The minimum atomic E-state index is -4.93. The number of hydrogen-bond donors (Lipinski definition) is 2. The van der Waals surface area contributed by atoms with Crippen molar-refractivity contribution in [1.82, 2.24) is 0 Å². The molecule has 4 aromatic carbocycles. The molecule has 0 atom stereocenters. The van der Waals surface area contributed by atoms with E-state index in [9.17, 15) is 37.8 Å². The second-order valence-electron chi connectivity index (χ2n) is 10.4. The molecule has 0 saturated heterocycles. The van der Waals surface area contributed by atoms with E-state index in [0.717, 1.165) is 12.1 Å². The van der Waals surface area contributed by atoms with Gasteiger partial charge in [0.15, 0.2) is 23.1 Å². The molecule has 2 aliphatic carbocycles. The summed E-state index contributed by atoms with van der Waals surface area (Å²) in [5.74, 6) is -3.95. The third-order valence-corrected chi connectivity index (χ3v) is 8.36. The van der Waals surface area contributed by atoms with E-state index in [1.807, 2.05) is 0 Å². The quantitative estimate of drug-likeness (QED) is 0.271. The third-order valence-electron chi connectivity index (χ3n) is 7.59. The molecule has 0 spiro atoms. The Morgan fingerprint density at radius 2 is 0.867 bits per heavy atom. The number of hydrogen-bond acceptors (Lipinski definition) is 12. The van der Waals surface area contributed by atoms with Gasteiger partial charge in [-0.05, 0) is 61.4 Å². The third kappa shape index (κ3) is 4.64. The standard InChI is InChI=1S/C32H22O12S/c1-13-5-17-19(31(37)27-21(29(17)35)7-15(41-3)9-23(27)33)11-25(13)43-45(39,40)44-26-12-20-18(6-14(26)2)30(36)22-8-16(42-4)10-24(34)28(22)32(20)38/h5-12,33-34H,1-4H3. The maximum atomic E-state index is 13.3. The summed E-state index contributed by atoms with van der Waals surface area (Å²) in [6, 6.07) is 9.70. The molecular weight excluding hydrogens is 608 g/mol. The first-order valence-corrected chi connectivity index (χ1v) is 14.5. The second kappa shape index (κ2) is 10.2.